The first-order chi connectivity index (χ1) is 15.3. The molecule has 9 nitrogen and oxygen atoms in total. The zero-order valence-corrected chi connectivity index (χ0v) is 21.0. The minimum absolute atomic E-state index is 0.0782. The van der Waals surface area contributed by atoms with Crippen LogP contribution in [0.2, 0.25) is 0 Å². The zero-order chi connectivity index (χ0) is 25.2. The van der Waals surface area contributed by atoms with E-state index in [4.69, 9.17) is 4.74 Å². The van der Waals surface area contributed by atoms with Crippen LogP contribution in [0.4, 0.5) is 4.79 Å². The molecule has 4 amide bonds. The highest BCUT2D eigenvalue weighted by Gasteiger charge is 2.30. The molecule has 0 fully saturated rings. The molecule has 3 atom stereocenters. The number of nitrogens with one attached hydrogen (secondary N) is 4. The fourth-order valence-corrected chi connectivity index (χ4v) is 3.03. The third-order valence-electron chi connectivity index (χ3n) is 4.55. The maximum absolute atomic E-state index is 13.0. The molecule has 1 aromatic rings. The first-order valence-electron chi connectivity index (χ1n) is 10.8. The van der Waals surface area contributed by atoms with Crippen LogP contribution in [0, 0.1) is 5.92 Å². The average Bonchev–Trinajstić information content (AvgIpc) is 2.73. The standard InChI is InChI=1S/C23H36N4O5S/c1-14(2)18(27-20(29)17(33)13-25-22(31)32-23(3,4)5)21(30)26-16(19(28)24-6)12-15-10-8-7-9-11-15/h7-11,14,16-18,33H,12-13H2,1-6H3,(H,24,28)(H,25,31)(H,26,30)(H,27,29)/t16-,17?,18-/m0/s1. The second kappa shape index (κ2) is 13.1. The van der Waals surface area contributed by atoms with Crippen molar-refractivity contribution in [3.05, 3.63) is 35.9 Å². The van der Waals surface area contributed by atoms with Gasteiger partial charge in [0.15, 0.2) is 0 Å². The minimum atomic E-state index is -0.898. The van der Waals surface area contributed by atoms with Crippen molar-refractivity contribution in [1.29, 1.82) is 0 Å². The van der Waals surface area contributed by atoms with Crippen molar-refractivity contribution in [2.45, 2.75) is 64.0 Å². The highest BCUT2D eigenvalue weighted by Crippen LogP contribution is 2.09. The molecular formula is C23H36N4O5S. The fraction of sp³-hybridized carbons (Fsp3) is 0.565. The Balaban J connectivity index is 2.76. The topological polar surface area (TPSA) is 126 Å². The Labute approximate surface area is 201 Å². The number of thiol groups is 1. The molecule has 0 aromatic heterocycles. The van der Waals surface area contributed by atoms with Crippen molar-refractivity contribution in [2.24, 2.45) is 5.92 Å². The summed E-state index contributed by atoms with van der Waals surface area (Å²) in [5.74, 6) is -1.60. The lowest BCUT2D eigenvalue weighted by Gasteiger charge is -2.26. The molecule has 0 aliphatic rings. The lowest BCUT2D eigenvalue weighted by molar-refractivity contribution is -0.132. The van der Waals surface area contributed by atoms with Crippen LogP contribution in [0.1, 0.15) is 40.2 Å². The third kappa shape index (κ3) is 10.6. The number of carbonyl (C=O) groups excluding carboxylic acids is 4. The number of ether oxygens (including phenoxy) is 1. The molecule has 0 heterocycles. The van der Waals surface area contributed by atoms with Crippen LogP contribution in [0.25, 0.3) is 0 Å². The molecule has 0 aliphatic carbocycles. The van der Waals surface area contributed by atoms with E-state index >= 15 is 0 Å². The van der Waals surface area contributed by atoms with E-state index in [1.807, 2.05) is 30.3 Å². The van der Waals surface area contributed by atoms with Gasteiger partial charge >= 0.3 is 6.09 Å². The van der Waals surface area contributed by atoms with E-state index < -0.39 is 40.8 Å². The van der Waals surface area contributed by atoms with Crippen LogP contribution in [-0.2, 0) is 25.5 Å². The van der Waals surface area contributed by atoms with Gasteiger partial charge in [-0.2, -0.15) is 12.6 Å². The summed E-state index contributed by atoms with van der Waals surface area (Å²) in [4.78, 5) is 49.7. The first kappa shape index (κ1) is 28.3. The Morgan fingerprint density at radius 3 is 2.09 bits per heavy atom. The lowest BCUT2D eigenvalue weighted by atomic mass is 10.0. The van der Waals surface area contributed by atoms with Crippen molar-refractivity contribution in [2.75, 3.05) is 13.6 Å². The van der Waals surface area contributed by atoms with Gasteiger partial charge in [0, 0.05) is 20.0 Å². The SMILES string of the molecule is CNC(=O)[C@H](Cc1ccccc1)NC(=O)[C@@H](NC(=O)C(S)CNC(=O)OC(C)(C)C)C(C)C. The van der Waals surface area contributed by atoms with Gasteiger partial charge < -0.3 is 26.0 Å². The fourth-order valence-electron chi connectivity index (χ4n) is 2.87. The number of likely N-dealkylation sites (N-methyl/N-ethyl adjacent to an activating group) is 1. The van der Waals surface area contributed by atoms with E-state index in [0.717, 1.165) is 5.56 Å². The molecule has 10 heteroatoms. The molecule has 4 N–H and O–H groups in total. The summed E-state index contributed by atoms with van der Waals surface area (Å²) in [7, 11) is 1.50. The van der Waals surface area contributed by atoms with Gasteiger partial charge in [-0.3, -0.25) is 14.4 Å². The molecule has 1 aromatic carbocycles. The van der Waals surface area contributed by atoms with Gasteiger partial charge in [0.05, 0.1) is 5.25 Å². The summed E-state index contributed by atoms with van der Waals surface area (Å²) in [6, 6.07) is 7.62. The first-order valence-corrected chi connectivity index (χ1v) is 11.4. The number of hydrogen-bond acceptors (Lipinski definition) is 6. The Morgan fingerprint density at radius 1 is 0.970 bits per heavy atom. The van der Waals surface area contributed by atoms with E-state index in [1.54, 1.807) is 34.6 Å². The van der Waals surface area contributed by atoms with Crippen LogP contribution in [0.3, 0.4) is 0 Å². The van der Waals surface area contributed by atoms with Gasteiger partial charge in [0.1, 0.15) is 17.7 Å². The van der Waals surface area contributed by atoms with Crippen molar-refractivity contribution in [3.63, 3.8) is 0 Å². The lowest BCUT2D eigenvalue weighted by Crippen LogP contribution is -2.57. The summed E-state index contributed by atoms with van der Waals surface area (Å²) in [6.07, 6.45) is -0.359. The molecule has 1 unspecified atom stereocenters. The molecule has 1 rings (SSSR count). The van der Waals surface area contributed by atoms with Crippen LogP contribution in [-0.4, -0.2) is 60.3 Å². The van der Waals surface area contributed by atoms with Crippen molar-refractivity contribution >= 4 is 36.4 Å². The number of hydrogen-bond donors (Lipinski definition) is 5. The maximum Gasteiger partial charge on any atom is 0.407 e. The van der Waals surface area contributed by atoms with E-state index in [2.05, 4.69) is 33.9 Å². The van der Waals surface area contributed by atoms with Gasteiger partial charge in [0.25, 0.3) is 0 Å². The molecule has 184 valence electrons. The summed E-state index contributed by atoms with van der Waals surface area (Å²) in [5.41, 5.74) is 0.223. The highest BCUT2D eigenvalue weighted by molar-refractivity contribution is 7.81. The molecule has 0 saturated heterocycles. The Morgan fingerprint density at radius 2 is 1.58 bits per heavy atom. The minimum Gasteiger partial charge on any atom is -0.444 e. The Hall–Kier alpha value is -2.75. The van der Waals surface area contributed by atoms with E-state index in [1.165, 1.54) is 7.05 Å². The number of amides is 4. The van der Waals surface area contributed by atoms with Gasteiger partial charge in [0.2, 0.25) is 17.7 Å². The summed E-state index contributed by atoms with van der Waals surface area (Å²) < 4.78 is 5.13. The maximum atomic E-state index is 13.0. The van der Waals surface area contributed by atoms with Crippen LogP contribution in [0.15, 0.2) is 30.3 Å². The van der Waals surface area contributed by atoms with E-state index in [9.17, 15) is 19.2 Å². The normalized spacial score (nSPS) is 13.9. The number of carbonyl (C=O) groups is 4. The van der Waals surface area contributed by atoms with Crippen LogP contribution >= 0.6 is 12.6 Å². The summed E-state index contributed by atoms with van der Waals surface area (Å²) >= 11 is 4.23. The predicted octanol–water partition coefficient (Wildman–Crippen LogP) is 1.42. The molecule has 33 heavy (non-hydrogen) atoms. The predicted molar refractivity (Wildman–Crippen MR) is 130 cm³/mol. The molecular weight excluding hydrogens is 444 g/mol. The van der Waals surface area contributed by atoms with Crippen LogP contribution < -0.4 is 21.3 Å². The third-order valence-corrected chi connectivity index (χ3v) is 4.97. The van der Waals surface area contributed by atoms with Crippen LogP contribution in [0.5, 0.6) is 0 Å². The molecule has 0 bridgehead atoms. The van der Waals surface area contributed by atoms with Gasteiger partial charge in [-0.05, 0) is 32.3 Å². The summed E-state index contributed by atoms with van der Waals surface area (Å²) in [5, 5.41) is 9.54. The zero-order valence-electron chi connectivity index (χ0n) is 20.1. The van der Waals surface area contributed by atoms with Gasteiger partial charge in [-0.25, -0.2) is 4.79 Å². The quantitative estimate of drug-likeness (QED) is 0.324. The van der Waals surface area contributed by atoms with Gasteiger partial charge in [-0.1, -0.05) is 44.2 Å². The summed E-state index contributed by atoms with van der Waals surface area (Å²) in [6.45, 7) is 8.67. The number of alkyl carbamates (subject to hydrolysis) is 1. The smallest absolute Gasteiger partial charge is 0.407 e. The van der Waals surface area contributed by atoms with Gasteiger partial charge in [-0.15, -0.1) is 0 Å². The van der Waals surface area contributed by atoms with E-state index in [-0.39, 0.29) is 18.4 Å². The highest BCUT2D eigenvalue weighted by atomic mass is 32.1. The van der Waals surface area contributed by atoms with Crippen molar-refractivity contribution in [1.82, 2.24) is 21.3 Å². The Kier molecular flexibility index (Phi) is 11.2. The Bertz CT molecular complexity index is 811. The van der Waals surface area contributed by atoms with Crippen molar-refractivity contribution < 1.29 is 23.9 Å². The van der Waals surface area contributed by atoms with Crippen molar-refractivity contribution in [3.8, 4) is 0 Å². The largest absolute Gasteiger partial charge is 0.444 e. The second-order valence-electron chi connectivity index (χ2n) is 8.99. The molecule has 0 radical (unpaired) electrons. The molecule has 0 spiro atoms. The second-order valence-corrected chi connectivity index (χ2v) is 9.62. The number of rotatable bonds is 10. The molecule has 0 aliphatic heterocycles. The average molecular weight is 481 g/mol. The monoisotopic (exact) mass is 480 g/mol. The number of benzene rings is 1. The van der Waals surface area contributed by atoms with E-state index in [0.29, 0.717) is 6.42 Å². The molecule has 0 saturated carbocycles.